The number of rotatable bonds is 5. The Bertz CT molecular complexity index is 598. The van der Waals surface area contributed by atoms with Gasteiger partial charge in [-0.1, -0.05) is 6.07 Å². The first-order valence-corrected chi connectivity index (χ1v) is 6.33. The largest absolute Gasteiger partial charge is 0.396 e. The van der Waals surface area contributed by atoms with Crippen molar-refractivity contribution in [3.05, 3.63) is 48.0 Å². The van der Waals surface area contributed by atoms with E-state index in [4.69, 9.17) is 5.11 Å². The highest BCUT2D eigenvalue weighted by atomic mass is 19.1. The predicted molar refractivity (Wildman–Crippen MR) is 72.2 cm³/mol. The van der Waals surface area contributed by atoms with Crippen LogP contribution in [0.1, 0.15) is 23.8 Å². The van der Waals surface area contributed by atoms with Gasteiger partial charge in [0.1, 0.15) is 5.82 Å². The number of aliphatic hydroxyl groups is 1. The maximum atomic E-state index is 13.1. The van der Waals surface area contributed by atoms with Crippen LogP contribution in [0.15, 0.2) is 36.5 Å². The van der Waals surface area contributed by atoms with Crippen molar-refractivity contribution in [3.8, 4) is 5.69 Å². The number of aromatic nitrogens is 2. The molecule has 0 spiro atoms. The minimum absolute atomic E-state index is 0.0131. The molecule has 0 aliphatic carbocycles. The van der Waals surface area contributed by atoms with Gasteiger partial charge in [0.05, 0.1) is 5.69 Å². The van der Waals surface area contributed by atoms with Crippen LogP contribution >= 0.6 is 0 Å². The Morgan fingerprint density at radius 2 is 2.30 bits per heavy atom. The van der Waals surface area contributed by atoms with Gasteiger partial charge < -0.3 is 10.4 Å². The average Bonchev–Trinajstić information content (AvgIpc) is 2.88. The highest BCUT2D eigenvalue weighted by Crippen LogP contribution is 2.09. The summed E-state index contributed by atoms with van der Waals surface area (Å²) >= 11 is 0. The van der Waals surface area contributed by atoms with E-state index < -0.39 is 0 Å². The molecule has 1 heterocycles. The van der Waals surface area contributed by atoms with E-state index in [2.05, 4.69) is 10.4 Å². The average molecular weight is 277 g/mol. The molecule has 0 fully saturated rings. The highest BCUT2D eigenvalue weighted by Gasteiger charge is 2.12. The zero-order valence-corrected chi connectivity index (χ0v) is 11.1. The molecule has 0 radical (unpaired) electrons. The van der Waals surface area contributed by atoms with E-state index in [1.54, 1.807) is 31.3 Å². The second-order valence-electron chi connectivity index (χ2n) is 4.51. The summed E-state index contributed by atoms with van der Waals surface area (Å²) in [5.41, 5.74) is 0.798. The van der Waals surface area contributed by atoms with Crippen molar-refractivity contribution in [1.82, 2.24) is 15.1 Å². The first-order chi connectivity index (χ1) is 9.60. The third-order valence-electron chi connectivity index (χ3n) is 2.83. The lowest BCUT2D eigenvalue weighted by atomic mass is 10.2. The van der Waals surface area contributed by atoms with E-state index in [0.717, 1.165) is 0 Å². The fraction of sp³-hybridized carbons (Fsp3) is 0.286. The van der Waals surface area contributed by atoms with Crippen molar-refractivity contribution in [2.24, 2.45) is 0 Å². The maximum Gasteiger partial charge on any atom is 0.271 e. The van der Waals surface area contributed by atoms with Crippen molar-refractivity contribution < 1.29 is 14.3 Å². The molecule has 106 valence electrons. The Balaban J connectivity index is 2.11. The minimum atomic E-state index is -0.361. The van der Waals surface area contributed by atoms with Gasteiger partial charge in [-0.2, -0.15) is 5.10 Å². The summed E-state index contributed by atoms with van der Waals surface area (Å²) < 4.78 is 14.6. The summed E-state index contributed by atoms with van der Waals surface area (Å²) in [5, 5.41) is 15.6. The monoisotopic (exact) mass is 277 g/mol. The molecule has 0 bridgehead atoms. The SMILES string of the molecule is C[C@H](CCO)NC(=O)c1ccn(-c2cccc(F)c2)n1. The molecule has 2 aromatic rings. The molecule has 1 aromatic heterocycles. The minimum Gasteiger partial charge on any atom is -0.396 e. The molecule has 0 saturated carbocycles. The second kappa shape index (κ2) is 6.29. The molecule has 1 aromatic carbocycles. The van der Waals surface area contributed by atoms with Crippen molar-refractivity contribution in [1.29, 1.82) is 0 Å². The van der Waals surface area contributed by atoms with Gasteiger partial charge >= 0.3 is 0 Å². The zero-order valence-electron chi connectivity index (χ0n) is 11.1. The van der Waals surface area contributed by atoms with Crippen LogP contribution in [0.2, 0.25) is 0 Å². The summed E-state index contributed by atoms with van der Waals surface area (Å²) in [5.74, 6) is -0.679. The first-order valence-electron chi connectivity index (χ1n) is 6.33. The number of amides is 1. The number of benzene rings is 1. The molecule has 20 heavy (non-hydrogen) atoms. The van der Waals surface area contributed by atoms with Crippen molar-refractivity contribution in [2.75, 3.05) is 6.61 Å². The topological polar surface area (TPSA) is 67.2 Å². The standard InChI is InChI=1S/C14H16FN3O2/c1-10(6-8-19)16-14(20)13-5-7-18(17-13)12-4-2-3-11(15)9-12/h2-5,7,9-10,19H,6,8H2,1H3,(H,16,20)/t10-/m1/s1. The number of hydrogen-bond donors (Lipinski definition) is 2. The molecule has 2 rings (SSSR count). The van der Waals surface area contributed by atoms with Crippen LogP contribution in [0, 0.1) is 5.82 Å². The molecule has 1 atom stereocenters. The summed E-state index contributed by atoms with van der Waals surface area (Å²) in [6.45, 7) is 1.82. The molecular weight excluding hydrogens is 261 g/mol. The van der Waals surface area contributed by atoms with Gasteiger partial charge in [-0.15, -0.1) is 0 Å². The lowest BCUT2D eigenvalue weighted by Crippen LogP contribution is -2.33. The fourth-order valence-electron chi connectivity index (χ4n) is 1.77. The van der Waals surface area contributed by atoms with Gasteiger partial charge in [0, 0.05) is 18.8 Å². The molecule has 0 unspecified atom stereocenters. The van der Waals surface area contributed by atoms with Crippen molar-refractivity contribution in [3.63, 3.8) is 0 Å². The number of carbonyl (C=O) groups excluding carboxylic acids is 1. The van der Waals surface area contributed by atoms with Crippen LogP contribution in [-0.4, -0.2) is 33.4 Å². The molecular formula is C14H16FN3O2. The zero-order chi connectivity index (χ0) is 14.5. The predicted octanol–water partition coefficient (Wildman–Crippen LogP) is 1.51. The lowest BCUT2D eigenvalue weighted by molar-refractivity contribution is 0.0929. The van der Waals surface area contributed by atoms with E-state index in [1.165, 1.54) is 16.8 Å². The number of hydrogen-bond acceptors (Lipinski definition) is 3. The smallest absolute Gasteiger partial charge is 0.271 e. The molecule has 0 aliphatic heterocycles. The molecule has 2 N–H and O–H groups in total. The van der Waals surface area contributed by atoms with Crippen LogP contribution in [0.5, 0.6) is 0 Å². The van der Waals surface area contributed by atoms with Gasteiger partial charge in [0.2, 0.25) is 0 Å². The molecule has 0 aliphatic rings. The fourth-order valence-corrected chi connectivity index (χ4v) is 1.77. The van der Waals surface area contributed by atoms with Gasteiger partial charge in [-0.3, -0.25) is 4.79 Å². The maximum absolute atomic E-state index is 13.1. The van der Waals surface area contributed by atoms with Crippen molar-refractivity contribution >= 4 is 5.91 Å². The van der Waals surface area contributed by atoms with E-state index in [0.29, 0.717) is 12.1 Å². The molecule has 5 nitrogen and oxygen atoms in total. The third kappa shape index (κ3) is 3.42. The van der Waals surface area contributed by atoms with Crippen LogP contribution in [0.4, 0.5) is 4.39 Å². The Labute approximate surface area is 116 Å². The highest BCUT2D eigenvalue weighted by molar-refractivity contribution is 5.92. The van der Waals surface area contributed by atoms with E-state index in [9.17, 15) is 9.18 Å². The molecule has 6 heteroatoms. The number of nitrogens with one attached hydrogen (secondary N) is 1. The number of aliphatic hydroxyl groups excluding tert-OH is 1. The third-order valence-corrected chi connectivity index (χ3v) is 2.83. The number of nitrogens with zero attached hydrogens (tertiary/aromatic N) is 2. The van der Waals surface area contributed by atoms with Gasteiger partial charge in [0.25, 0.3) is 5.91 Å². The van der Waals surface area contributed by atoms with Crippen LogP contribution in [-0.2, 0) is 0 Å². The lowest BCUT2D eigenvalue weighted by Gasteiger charge is -2.10. The summed E-state index contributed by atoms with van der Waals surface area (Å²) in [6, 6.07) is 7.39. The Kier molecular flexibility index (Phi) is 4.47. The van der Waals surface area contributed by atoms with Crippen LogP contribution in [0.25, 0.3) is 5.69 Å². The van der Waals surface area contributed by atoms with E-state index >= 15 is 0 Å². The summed E-state index contributed by atoms with van der Waals surface area (Å²) in [4.78, 5) is 11.9. The van der Waals surface area contributed by atoms with Gasteiger partial charge in [-0.25, -0.2) is 9.07 Å². The Morgan fingerprint density at radius 3 is 3.00 bits per heavy atom. The molecule has 1 amide bonds. The van der Waals surface area contributed by atoms with Crippen LogP contribution < -0.4 is 5.32 Å². The van der Waals surface area contributed by atoms with Gasteiger partial charge in [0.15, 0.2) is 5.69 Å². The Hall–Kier alpha value is -2.21. The van der Waals surface area contributed by atoms with Crippen LogP contribution in [0.3, 0.4) is 0 Å². The van der Waals surface area contributed by atoms with E-state index in [1.807, 2.05) is 0 Å². The Morgan fingerprint density at radius 1 is 1.50 bits per heavy atom. The number of halogens is 1. The summed E-state index contributed by atoms with van der Waals surface area (Å²) in [7, 11) is 0. The molecule has 0 saturated heterocycles. The van der Waals surface area contributed by atoms with Gasteiger partial charge in [-0.05, 0) is 37.6 Å². The first kappa shape index (κ1) is 14.2. The quantitative estimate of drug-likeness (QED) is 0.870. The van der Waals surface area contributed by atoms with Crippen molar-refractivity contribution in [2.45, 2.75) is 19.4 Å². The van der Waals surface area contributed by atoms with E-state index in [-0.39, 0.29) is 30.1 Å². The summed E-state index contributed by atoms with van der Waals surface area (Å²) in [6.07, 6.45) is 2.08. The normalized spacial score (nSPS) is 12.2. The second-order valence-corrected chi connectivity index (χ2v) is 4.51. The number of carbonyl (C=O) groups is 1.